The van der Waals surface area contributed by atoms with Gasteiger partial charge in [-0.1, -0.05) is 0 Å². The van der Waals surface area contributed by atoms with Crippen molar-refractivity contribution in [3.05, 3.63) is 17.5 Å². The second-order valence-corrected chi connectivity index (χ2v) is 2.62. The van der Waals surface area contributed by atoms with Crippen LogP contribution in [0.25, 0.3) is 0 Å². The summed E-state index contributed by atoms with van der Waals surface area (Å²) in [5.74, 6) is 0. The Balaban J connectivity index is 2.93. The molecule has 0 aliphatic heterocycles. The molecule has 0 aromatic carbocycles. The summed E-state index contributed by atoms with van der Waals surface area (Å²) >= 11 is 0. The average Bonchev–Trinajstić information content (AvgIpc) is 2.28. The first-order valence-electron chi connectivity index (χ1n) is 3.52. The van der Waals surface area contributed by atoms with Gasteiger partial charge in [0.05, 0.1) is 24.0 Å². The van der Waals surface area contributed by atoms with E-state index in [-0.39, 0.29) is 12.6 Å². The summed E-state index contributed by atoms with van der Waals surface area (Å²) in [5.41, 5.74) is 7.39. The summed E-state index contributed by atoms with van der Waals surface area (Å²) in [6.45, 7) is 1.85. The molecule has 4 heteroatoms. The lowest BCUT2D eigenvalue weighted by Gasteiger charge is -2.06. The van der Waals surface area contributed by atoms with Gasteiger partial charge in [0, 0.05) is 7.05 Å². The van der Waals surface area contributed by atoms with Gasteiger partial charge in [0.25, 0.3) is 0 Å². The lowest BCUT2D eigenvalue weighted by Crippen LogP contribution is -2.17. The molecule has 0 aliphatic rings. The van der Waals surface area contributed by atoms with Crippen molar-refractivity contribution in [3.8, 4) is 0 Å². The van der Waals surface area contributed by atoms with Crippen LogP contribution >= 0.6 is 0 Å². The number of hydrogen-bond donors (Lipinski definition) is 2. The van der Waals surface area contributed by atoms with Gasteiger partial charge in [-0.05, 0) is 13.0 Å². The van der Waals surface area contributed by atoms with Gasteiger partial charge in [-0.2, -0.15) is 5.10 Å². The molecule has 0 saturated heterocycles. The Hall–Kier alpha value is -0.870. The molecule has 1 rings (SSSR count). The minimum atomic E-state index is -0.318. The zero-order valence-electron chi connectivity index (χ0n) is 6.78. The van der Waals surface area contributed by atoms with Crippen molar-refractivity contribution in [2.45, 2.75) is 13.0 Å². The smallest absolute Gasteiger partial charge is 0.0701 e. The molecule has 0 bridgehead atoms. The standard InChI is InChI=1S/C7H13N3O/c1-5-3-7(6(8)4-11)10(2)9-5/h3,6,11H,4,8H2,1-2H3/t6-/m0/s1. The van der Waals surface area contributed by atoms with Crippen LogP contribution in [-0.4, -0.2) is 21.5 Å². The van der Waals surface area contributed by atoms with Crippen molar-refractivity contribution in [1.82, 2.24) is 9.78 Å². The van der Waals surface area contributed by atoms with E-state index < -0.39 is 0 Å². The molecule has 1 aromatic heterocycles. The highest BCUT2D eigenvalue weighted by molar-refractivity contribution is 5.12. The number of nitrogens with zero attached hydrogens (tertiary/aromatic N) is 2. The SMILES string of the molecule is Cc1cc([C@@H](N)CO)n(C)n1. The van der Waals surface area contributed by atoms with E-state index in [0.29, 0.717) is 0 Å². The summed E-state index contributed by atoms with van der Waals surface area (Å²) < 4.78 is 1.69. The van der Waals surface area contributed by atoms with Crippen LogP contribution in [0.4, 0.5) is 0 Å². The Kier molecular flexibility index (Phi) is 2.26. The maximum absolute atomic E-state index is 8.76. The Bertz CT molecular complexity index is 244. The lowest BCUT2D eigenvalue weighted by molar-refractivity contribution is 0.263. The van der Waals surface area contributed by atoms with Crippen LogP contribution in [0, 0.1) is 6.92 Å². The molecule has 1 atom stereocenters. The number of hydrogen-bond acceptors (Lipinski definition) is 3. The monoisotopic (exact) mass is 155 g/mol. The van der Waals surface area contributed by atoms with Gasteiger partial charge < -0.3 is 10.8 Å². The molecule has 4 nitrogen and oxygen atoms in total. The van der Waals surface area contributed by atoms with E-state index in [2.05, 4.69) is 5.10 Å². The number of aliphatic hydroxyl groups is 1. The van der Waals surface area contributed by atoms with Crippen molar-refractivity contribution < 1.29 is 5.11 Å². The summed E-state index contributed by atoms with van der Waals surface area (Å²) in [5, 5.41) is 12.9. The first kappa shape index (κ1) is 8.23. The number of aryl methyl sites for hydroxylation is 2. The van der Waals surface area contributed by atoms with Gasteiger partial charge in [0.1, 0.15) is 0 Å². The molecular weight excluding hydrogens is 142 g/mol. The van der Waals surface area contributed by atoms with Crippen LogP contribution in [0.3, 0.4) is 0 Å². The third-order valence-corrected chi connectivity index (χ3v) is 1.61. The summed E-state index contributed by atoms with van der Waals surface area (Å²) in [6.07, 6.45) is 0. The third kappa shape index (κ3) is 1.58. The van der Waals surface area contributed by atoms with E-state index in [0.717, 1.165) is 11.4 Å². The summed E-state index contributed by atoms with van der Waals surface area (Å²) in [6, 6.07) is 1.56. The molecule has 62 valence electrons. The van der Waals surface area contributed by atoms with E-state index >= 15 is 0 Å². The Morgan fingerprint density at radius 2 is 2.45 bits per heavy atom. The molecule has 0 radical (unpaired) electrons. The van der Waals surface area contributed by atoms with Crippen LogP contribution in [-0.2, 0) is 7.05 Å². The second-order valence-electron chi connectivity index (χ2n) is 2.62. The number of nitrogens with two attached hydrogens (primary N) is 1. The molecule has 0 unspecified atom stereocenters. The Morgan fingerprint density at radius 1 is 1.82 bits per heavy atom. The molecule has 0 spiro atoms. The van der Waals surface area contributed by atoms with Gasteiger partial charge >= 0.3 is 0 Å². The lowest BCUT2D eigenvalue weighted by atomic mass is 10.2. The number of aromatic nitrogens is 2. The zero-order valence-corrected chi connectivity index (χ0v) is 6.78. The van der Waals surface area contributed by atoms with Crippen LogP contribution < -0.4 is 5.73 Å². The quantitative estimate of drug-likeness (QED) is 0.617. The third-order valence-electron chi connectivity index (χ3n) is 1.61. The van der Waals surface area contributed by atoms with Crippen LogP contribution in [0.5, 0.6) is 0 Å². The van der Waals surface area contributed by atoms with Gasteiger partial charge in [0.15, 0.2) is 0 Å². The fraction of sp³-hybridized carbons (Fsp3) is 0.571. The highest BCUT2D eigenvalue weighted by Gasteiger charge is 2.09. The molecule has 0 amide bonds. The van der Waals surface area contributed by atoms with E-state index in [1.165, 1.54) is 0 Å². The van der Waals surface area contributed by atoms with E-state index in [1.54, 1.807) is 4.68 Å². The average molecular weight is 155 g/mol. The highest BCUT2D eigenvalue weighted by Crippen LogP contribution is 2.09. The topological polar surface area (TPSA) is 64.1 Å². The molecule has 3 N–H and O–H groups in total. The molecule has 1 heterocycles. The Labute approximate surface area is 65.6 Å². The fourth-order valence-electron chi connectivity index (χ4n) is 1.07. The minimum absolute atomic E-state index is 0.0427. The predicted octanol–water partition coefficient (Wildman–Crippen LogP) is -0.279. The largest absolute Gasteiger partial charge is 0.394 e. The fourth-order valence-corrected chi connectivity index (χ4v) is 1.07. The van der Waals surface area contributed by atoms with E-state index in [1.807, 2.05) is 20.0 Å². The van der Waals surface area contributed by atoms with Crippen LogP contribution in [0.1, 0.15) is 17.4 Å². The number of rotatable bonds is 2. The number of aliphatic hydroxyl groups excluding tert-OH is 1. The zero-order chi connectivity index (χ0) is 8.43. The van der Waals surface area contributed by atoms with Crippen molar-refractivity contribution in [2.75, 3.05) is 6.61 Å². The molecule has 1 aromatic rings. The Morgan fingerprint density at radius 3 is 2.82 bits per heavy atom. The molecule has 0 fully saturated rings. The van der Waals surface area contributed by atoms with Crippen molar-refractivity contribution in [3.63, 3.8) is 0 Å². The van der Waals surface area contributed by atoms with Gasteiger partial charge in [0.2, 0.25) is 0 Å². The first-order valence-corrected chi connectivity index (χ1v) is 3.52. The van der Waals surface area contributed by atoms with Crippen molar-refractivity contribution in [1.29, 1.82) is 0 Å². The van der Waals surface area contributed by atoms with Crippen LogP contribution in [0.15, 0.2) is 6.07 Å². The summed E-state index contributed by atoms with van der Waals surface area (Å²) in [4.78, 5) is 0. The van der Waals surface area contributed by atoms with Crippen LogP contribution in [0.2, 0.25) is 0 Å². The van der Waals surface area contributed by atoms with Gasteiger partial charge in [-0.15, -0.1) is 0 Å². The minimum Gasteiger partial charge on any atom is -0.394 e. The second kappa shape index (κ2) is 3.02. The normalized spacial score (nSPS) is 13.5. The van der Waals surface area contributed by atoms with Gasteiger partial charge in [-0.3, -0.25) is 4.68 Å². The maximum atomic E-state index is 8.76. The molecule has 0 aliphatic carbocycles. The van der Waals surface area contributed by atoms with Crippen molar-refractivity contribution in [2.24, 2.45) is 12.8 Å². The van der Waals surface area contributed by atoms with Gasteiger partial charge in [-0.25, -0.2) is 0 Å². The predicted molar refractivity (Wildman–Crippen MR) is 42.0 cm³/mol. The molecule has 11 heavy (non-hydrogen) atoms. The van der Waals surface area contributed by atoms with E-state index in [9.17, 15) is 0 Å². The molecule has 0 saturated carbocycles. The highest BCUT2D eigenvalue weighted by atomic mass is 16.3. The van der Waals surface area contributed by atoms with E-state index in [4.69, 9.17) is 10.8 Å². The summed E-state index contributed by atoms with van der Waals surface area (Å²) in [7, 11) is 1.82. The first-order chi connectivity index (χ1) is 5.15. The van der Waals surface area contributed by atoms with Crippen molar-refractivity contribution >= 4 is 0 Å². The molecular formula is C7H13N3O. The maximum Gasteiger partial charge on any atom is 0.0701 e.